The highest BCUT2D eigenvalue weighted by Crippen LogP contribution is 2.33. The molecule has 8 heteroatoms. The number of benzene rings is 1. The van der Waals surface area contributed by atoms with Crippen LogP contribution in [0.15, 0.2) is 24.4 Å². The van der Waals surface area contributed by atoms with Crippen LogP contribution < -0.4 is 5.32 Å². The van der Waals surface area contributed by atoms with Crippen LogP contribution in [0.3, 0.4) is 0 Å². The number of rotatable bonds is 4. The molecule has 4 heterocycles. The van der Waals surface area contributed by atoms with Gasteiger partial charge in [-0.1, -0.05) is 0 Å². The van der Waals surface area contributed by atoms with E-state index < -0.39 is 0 Å². The summed E-state index contributed by atoms with van der Waals surface area (Å²) in [6.07, 6.45) is 4.81. The molecule has 0 unspecified atom stereocenters. The summed E-state index contributed by atoms with van der Waals surface area (Å²) < 4.78 is 15.9. The second-order valence-electron chi connectivity index (χ2n) is 8.86. The van der Waals surface area contributed by atoms with Gasteiger partial charge in [-0.15, -0.1) is 0 Å². The topological polar surface area (TPSA) is 66.3 Å². The Bertz CT molecular complexity index is 1170. The van der Waals surface area contributed by atoms with Crippen molar-refractivity contribution in [3.05, 3.63) is 52.9 Å². The minimum atomic E-state index is -0.209. The number of carbonyl (C=O) groups excluding carboxylic acids is 1. The highest BCUT2D eigenvalue weighted by Gasteiger charge is 2.32. The zero-order valence-electron chi connectivity index (χ0n) is 18.9. The number of carbonyl (C=O) groups is 1. The molecule has 1 saturated heterocycles. The van der Waals surface area contributed by atoms with Gasteiger partial charge in [-0.2, -0.15) is 0 Å². The van der Waals surface area contributed by atoms with Gasteiger partial charge in [0.2, 0.25) is 5.91 Å². The Morgan fingerprint density at radius 2 is 2.12 bits per heavy atom. The zero-order valence-corrected chi connectivity index (χ0v) is 18.9. The van der Waals surface area contributed by atoms with E-state index >= 15 is 0 Å². The molecule has 32 heavy (non-hydrogen) atoms. The molecule has 0 saturated carbocycles. The van der Waals surface area contributed by atoms with Gasteiger partial charge in [0.15, 0.2) is 5.82 Å². The molecule has 0 spiro atoms. The number of halogens is 1. The summed E-state index contributed by atoms with van der Waals surface area (Å²) >= 11 is 0. The molecular formula is C24H29FN6O. The lowest BCUT2D eigenvalue weighted by molar-refractivity contribution is -0.129. The van der Waals surface area contributed by atoms with Crippen LogP contribution in [-0.2, 0) is 31.4 Å². The SMILES string of the molecule is CNc1nc([C@H]2CCCN2C(C)=O)nc2c1CN(Cc1cn(C)c3ccc(F)cc13)CC2. The van der Waals surface area contributed by atoms with E-state index in [9.17, 15) is 9.18 Å². The molecule has 168 valence electrons. The number of anilines is 1. The molecule has 1 aromatic carbocycles. The standard InChI is InChI=1S/C24H29FN6O/c1-15(32)31-9-4-5-22(31)24-27-20-8-10-30(14-19(20)23(26-2)28-24)13-16-12-29(3)21-7-6-17(25)11-18(16)21/h6-7,11-12,22H,4-5,8-10,13-14H2,1-3H3,(H,26,27,28)/t22-/m1/s1. The fraction of sp³-hybridized carbons (Fsp3) is 0.458. The third-order valence-electron chi connectivity index (χ3n) is 6.78. The second kappa shape index (κ2) is 8.16. The van der Waals surface area contributed by atoms with Crippen LogP contribution in [-0.4, -0.2) is 50.4 Å². The first kappa shape index (κ1) is 20.9. The number of fused-ring (bicyclic) bond motifs is 2. The fourth-order valence-electron chi connectivity index (χ4n) is 5.20. The lowest BCUT2D eigenvalue weighted by Gasteiger charge is -2.30. The molecule has 2 aromatic heterocycles. The average molecular weight is 437 g/mol. The van der Waals surface area contributed by atoms with Gasteiger partial charge in [0.1, 0.15) is 11.6 Å². The van der Waals surface area contributed by atoms with Crippen LogP contribution >= 0.6 is 0 Å². The predicted octanol–water partition coefficient (Wildman–Crippen LogP) is 3.39. The molecule has 0 aliphatic carbocycles. The summed E-state index contributed by atoms with van der Waals surface area (Å²) in [6.45, 7) is 4.74. The molecule has 0 radical (unpaired) electrons. The number of hydrogen-bond donors (Lipinski definition) is 1. The zero-order chi connectivity index (χ0) is 22.4. The number of likely N-dealkylation sites (tertiary alicyclic amines) is 1. The number of aromatic nitrogens is 3. The normalized spacial score (nSPS) is 18.9. The average Bonchev–Trinajstić information content (AvgIpc) is 3.38. The number of hydrogen-bond acceptors (Lipinski definition) is 5. The quantitative estimate of drug-likeness (QED) is 0.679. The Labute approximate surface area is 187 Å². The van der Waals surface area contributed by atoms with Gasteiger partial charge in [-0.05, 0) is 36.6 Å². The van der Waals surface area contributed by atoms with Crippen molar-refractivity contribution in [2.75, 3.05) is 25.5 Å². The van der Waals surface area contributed by atoms with Gasteiger partial charge in [0.25, 0.3) is 0 Å². The summed E-state index contributed by atoms with van der Waals surface area (Å²) in [5.41, 5.74) is 4.34. The Morgan fingerprint density at radius 3 is 2.91 bits per heavy atom. The molecule has 0 bridgehead atoms. The van der Waals surface area contributed by atoms with Crippen LogP contribution in [0.25, 0.3) is 10.9 Å². The first-order chi connectivity index (χ1) is 15.4. The number of nitrogens with zero attached hydrogens (tertiary/aromatic N) is 5. The molecule has 1 N–H and O–H groups in total. The number of aryl methyl sites for hydroxylation is 1. The monoisotopic (exact) mass is 436 g/mol. The molecule has 3 aromatic rings. The van der Waals surface area contributed by atoms with Gasteiger partial charge in [0, 0.05) is 76.3 Å². The third-order valence-corrected chi connectivity index (χ3v) is 6.78. The van der Waals surface area contributed by atoms with E-state index in [2.05, 4.69) is 21.0 Å². The molecule has 1 atom stereocenters. The van der Waals surface area contributed by atoms with E-state index in [0.29, 0.717) is 0 Å². The Kier molecular flexibility index (Phi) is 5.33. The largest absolute Gasteiger partial charge is 0.373 e. The van der Waals surface area contributed by atoms with Crippen LogP contribution in [0.1, 0.15) is 48.5 Å². The molecule has 2 aliphatic rings. The lowest BCUT2D eigenvalue weighted by atomic mass is 10.0. The molecule has 5 rings (SSSR count). The molecule has 7 nitrogen and oxygen atoms in total. The highest BCUT2D eigenvalue weighted by molar-refractivity contribution is 5.84. The summed E-state index contributed by atoms with van der Waals surface area (Å²) in [6, 6.07) is 4.93. The minimum absolute atomic E-state index is 0.0338. The lowest BCUT2D eigenvalue weighted by Crippen LogP contribution is -2.33. The van der Waals surface area contributed by atoms with E-state index in [4.69, 9.17) is 9.97 Å². The summed E-state index contributed by atoms with van der Waals surface area (Å²) in [4.78, 5) is 26.0. The first-order valence-electron chi connectivity index (χ1n) is 11.2. The van der Waals surface area contributed by atoms with Crippen molar-refractivity contribution in [3.63, 3.8) is 0 Å². The van der Waals surface area contributed by atoms with Crippen molar-refractivity contribution in [2.45, 2.75) is 45.3 Å². The van der Waals surface area contributed by atoms with Gasteiger partial charge in [-0.25, -0.2) is 14.4 Å². The molecule has 2 aliphatic heterocycles. The van der Waals surface area contributed by atoms with Crippen molar-refractivity contribution in [1.29, 1.82) is 0 Å². The Hall–Kier alpha value is -3.00. The van der Waals surface area contributed by atoms with Crippen molar-refractivity contribution in [3.8, 4) is 0 Å². The third kappa shape index (κ3) is 3.62. The highest BCUT2D eigenvalue weighted by atomic mass is 19.1. The molecule has 1 fully saturated rings. The molecule has 1 amide bonds. The van der Waals surface area contributed by atoms with Gasteiger partial charge in [-0.3, -0.25) is 9.69 Å². The van der Waals surface area contributed by atoms with Crippen molar-refractivity contribution in [2.24, 2.45) is 7.05 Å². The Morgan fingerprint density at radius 1 is 1.28 bits per heavy atom. The maximum Gasteiger partial charge on any atom is 0.220 e. The van der Waals surface area contributed by atoms with Gasteiger partial charge in [0.05, 0.1) is 11.7 Å². The van der Waals surface area contributed by atoms with E-state index in [-0.39, 0.29) is 17.8 Å². The maximum absolute atomic E-state index is 13.9. The van der Waals surface area contributed by atoms with Crippen molar-refractivity contribution >= 4 is 22.6 Å². The fourth-order valence-corrected chi connectivity index (χ4v) is 5.20. The number of nitrogens with one attached hydrogen (secondary N) is 1. The van der Waals surface area contributed by atoms with Gasteiger partial charge < -0.3 is 14.8 Å². The van der Waals surface area contributed by atoms with E-state index in [1.807, 2.05) is 25.1 Å². The smallest absolute Gasteiger partial charge is 0.220 e. The predicted molar refractivity (Wildman–Crippen MR) is 122 cm³/mol. The number of amides is 1. The minimum Gasteiger partial charge on any atom is -0.373 e. The van der Waals surface area contributed by atoms with Crippen molar-refractivity contribution < 1.29 is 9.18 Å². The molecular weight excluding hydrogens is 407 g/mol. The van der Waals surface area contributed by atoms with E-state index in [1.54, 1.807) is 13.0 Å². The summed E-state index contributed by atoms with van der Waals surface area (Å²) in [7, 11) is 3.88. The van der Waals surface area contributed by atoms with E-state index in [0.717, 1.165) is 84.8 Å². The van der Waals surface area contributed by atoms with Crippen LogP contribution in [0, 0.1) is 5.82 Å². The second-order valence-corrected chi connectivity index (χ2v) is 8.86. The Balaban J connectivity index is 1.42. The summed E-state index contributed by atoms with van der Waals surface area (Å²) in [5, 5.41) is 4.22. The van der Waals surface area contributed by atoms with Crippen LogP contribution in [0.5, 0.6) is 0 Å². The summed E-state index contributed by atoms with van der Waals surface area (Å²) in [5.74, 6) is 1.46. The van der Waals surface area contributed by atoms with Gasteiger partial charge >= 0.3 is 0 Å². The van der Waals surface area contributed by atoms with Crippen molar-refractivity contribution in [1.82, 2.24) is 24.3 Å². The first-order valence-corrected chi connectivity index (χ1v) is 11.2. The van der Waals surface area contributed by atoms with Crippen LogP contribution in [0.2, 0.25) is 0 Å². The maximum atomic E-state index is 13.9. The van der Waals surface area contributed by atoms with E-state index in [1.165, 1.54) is 6.07 Å². The van der Waals surface area contributed by atoms with Crippen LogP contribution in [0.4, 0.5) is 10.2 Å².